The molecule has 1 aliphatic rings. The van der Waals surface area contributed by atoms with Gasteiger partial charge in [0.25, 0.3) is 0 Å². The number of hydrogen-bond acceptors (Lipinski definition) is 4. The van der Waals surface area contributed by atoms with Crippen molar-refractivity contribution >= 4 is 0 Å². The van der Waals surface area contributed by atoms with Gasteiger partial charge in [-0.3, -0.25) is 14.7 Å². The van der Waals surface area contributed by atoms with Crippen LogP contribution in [-0.4, -0.2) is 84.3 Å². The van der Waals surface area contributed by atoms with Gasteiger partial charge in [-0.2, -0.15) is 0 Å². The Balaban J connectivity index is 3.14. The molecule has 4 nitrogen and oxygen atoms in total. The molecule has 0 radical (unpaired) electrons. The number of likely N-dealkylation sites (N-methyl/N-ethyl adjacent to an activating group) is 1. The van der Waals surface area contributed by atoms with Crippen molar-refractivity contribution in [2.45, 2.75) is 59.4 Å². The van der Waals surface area contributed by atoms with Crippen molar-refractivity contribution in [3.05, 3.63) is 0 Å². The van der Waals surface area contributed by atoms with E-state index >= 15 is 0 Å². The molecule has 4 heteroatoms. The molecule has 0 aliphatic carbocycles. The van der Waals surface area contributed by atoms with Gasteiger partial charge in [0, 0.05) is 38.3 Å². The molecular formula is C16H36N4. The highest BCUT2D eigenvalue weighted by molar-refractivity contribution is 4.90. The van der Waals surface area contributed by atoms with E-state index in [-0.39, 0.29) is 5.79 Å². The zero-order chi connectivity index (χ0) is 15.5. The zero-order valence-corrected chi connectivity index (χ0v) is 15.0. The fourth-order valence-electron chi connectivity index (χ4n) is 3.52. The summed E-state index contributed by atoms with van der Waals surface area (Å²) in [6.45, 7) is 19.7. The first kappa shape index (κ1) is 17.9. The summed E-state index contributed by atoms with van der Waals surface area (Å²) in [4.78, 5) is 10.2. The standard InChI is InChI=1S/C16H36N4/c1-9-18-10-12-19(14(2)3)16(6,17(7)8)20(13-11-18)15(4)5/h14-15H,9-13H2,1-8H3. The van der Waals surface area contributed by atoms with Crippen LogP contribution in [-0.2, 0) is 0 Å². The monoisotopic (exact) mass is 284 g/mol. The summed E-state index contributed by atoms with van der Waals surface area (Å²) >= 11 is 0. The summed E-state index contributed by atoms with van der Waals surface area (Å²) in [5, 5.41) is 0. The first-order valence-electron chi connectivity index (χ1n) is 8.18. The molecule has 1 heterocycles. The summed E-state index contributed by atoms with van der Waals surface area (Å²) in [5.74, 6) is -0.0117. The molecule has 0 bridgehead atoms. The second-order valence-corrected chi connectivity index (χ2v) is 6.87. The van der Waals surface area contributed by atoms with Crippen LogP contribution in [0.4, 0.5) is 0 Å². The minimum atomic E-state index is -0.0117. The van der Waals surface area contributed by atoms with Crippen LogP contribution in [0, 0.1) is 0 Å². The first-order valence-corrected chi connectivity index (χ1v) is 8.18. The molecular weight excluding hydrogens is 248 g/mol. The molecule has 1 fully saturated rings. The molecule has 1 saturated heterocycles. The molecule has 1 aliphatic heterocycles. The predicted octanol–water partition coefficient (Wildman–Crippen LogP) is 1.98. The molecule has 0 spiro atoms. The topological polar surface area (TPSA) is 13.0 Å². The molecule has 0 atom stereocenters. The van der Waals surface area contributed by atoms with Crippen molar-refractivity contribution < 1.29 is 0 Å². The van der Waals surface area contributed by atoms with Crippen molar-refractivity contribution in [1.29, 1.82) is 0 Å². The molecule has 0 amide bonds. The lowest BCUT2D eigenvalue weighted by Crippen LogP contribution is -2.71. The van der Waals surface area contributed by atoms with E-state index in [4.69, 9.17) is 0 Å². The Kier molecular flexibility index (Phi) is 6.45. The van der Waals surface area contributed by atoms with E-state index < -0.39 is 0 Å². The van der Waals surface area contributed by atoms with Crippen LogP contribution in [0.2, 0.25) is 0 Å². The second-order valence-electron chi connectivity index (χ2n) is 6.87. The van der Waals surface area contributed by atoms with Crippen molar-refractivity contribution in [2.75, 3.05) is 46.8 Å². The minimum Gasteiger partial charge on any atom is -0.301 e. The van der Waals surface area contributed by atoms with Crippen molar-refractivity contribution in [3.63, 3.8) is 0 Å². The zero-order valence-electron chi connectivity index (χ0n) is 15.0. The Morgan fingerprint density at radius 3 is 1.55 bits per heavy atom. The quantitative estimate of drug-likeness (QED) is 0.782. The molecule has 0 unspecified atom stereocenters. The molecule has 0 aromatic heterocycles. The molecule has 0 saturated carbocycles. The van der Waals surface area contributed by atoms with E-state index in [1.807, 2.05) is 0 Å². The average molecular weight is 284 g/mol. The predicted molar refractivity (Wildman–Crippen MR) is 87.9 cm³/mol. The van der Waals surface area contributed by atoms with E-state index in [1.54, 1.807) is 0 Å². The smallest absolute Gasteiger partial charge is 0.128 e. The SMILES string of the molecule is CCN1CCN(C(C)C)C(C)(N(C)C)N(C(C)C)CC1. The van der Waals surface area contributed by atoms with Gasteiger partial charge in [-0.15, -0.1) is 0 Å². The summed E-state index contributed by atoms with van der Waals surface area (Å²) in [6, 6.07) is 1.08. The Bertz CT molecular complexity index is 268. The van der Waals surface area contributed by atoms with Gasteiger partial charge < -0.3 is 4.90 Å². The van der Waals surface area contributed by atoms with Crippen LogP contribution in [0.3, 0.4) is 0 Å². The van der Waals surface area contributed by atoms with Crippen molar-refractivity contribution in [2.24, 2.45) is 0 Å². The fourth-order valence-corrected chi connectivity index (χ4v) is 3.52. The van der Waals surface area contributed by atoms with Gasteiger partial charge in [-0.25, -0.2) is 0 Å². The molecule has 0 aromatic carbocycles. The van der Waals surface area contributed by atoms with Crippen LogP contribution >= 0.6 is 0 Å². The van der Waals surface area contributed by atoms with E-state index in [9.17, 15) is 0 Å². The van der Waals surface area contributed by atoms with Crippen LogP contribution in [0.25, 0.3) is 0 Å². The van der Waals surface area contributed by atoms with Crippen LogP contribution in [0.15, 0.2) is 0 Å². The average Bonchev–Trinajstić information content (AvgIpc) is 2.32. The number of hydrogen-bond donors (Lipinski definition) is 0. The summed E-state index contributed by atoms with van der Waals surface area (Å²) in [5.41, 5.74) is 0. The van der Waals surface area contributed by atoms with Gasteiger partial charge in [0.15, 0.2) is 0 Å². The molecule has 0 N–H and O–H groups in total. The summed E-state index contributed by atoms with van der Waals surface area (Å²) < 4.78 is 0. The third-order valence-electron chi connectivity index (χ3n) is 4.94. The van der Waals surface area contributed by atoms with E-state index in [0.29, 0.717) is 12.1 Å². The molecule has 120 valence electrons. The third kappa shape index (κ3) is 3.53. The number of rotatable bonds is 4. The van der Waals surface area contributed by atoms with Crippen LogP contribution < -0.4 is 0 Å². The maximum Gasteiger partial charge on any atom is 0.128 e. The highest BCUT2D eigenvalue weighted by Gasteiger charge is 2.43. The Hall–Kier alpha value is -0.160. The lowest BCUT2D eigenvalue weighted by atomic mass is 10.1. The maximum absolute atomic E-state index is 2.65. The third-order valence-corrected chi connectivity index (χ3v) is 4.94. The second kappa shape index (κ2) is 7.21. The van der Waals surface area contributed by atoms with Gasteiger partial charge in [-0.1, -0.05) is 6.92 Å². The van der Waals surface area contributed by atoms with Gasteiger partial charge in [0.05, 0.1) is 0 Å². The van der Waals surface area contributed by atoms with Gasteiger partial charge in [0.2, 0.25) is 0 Å². The van der Waals surface area contributed by atoms with Crippen molar-refractivity contribution in [1.82, 2.24) is 19.6 Å². The largest absolute Gasteiger partial charge is 0.301 e. The normalized spacial score (nSPS) is 23.6. The summed E-state index contributed by atoms with van der Waals surface area (Å²) in [6.07, 6.45) is 0. The lowest BCUT2D eigenvalue weighted by Gasteiger charge is -2.57. The van der Waals surface area contributed by atoms with Gasteiger partial charge >= 0.3 is 0 Å². The Morgan fingerprint density at radius 1 is 0.900 bits per heavy atom. The van der Waals surface area contributed by atoms with E-state index in [2.05, 4.69) is 75.2 Å². The van der Waals surface area contributed by atoms with Crippen molar-refractivity contribution in [3.8, 4) is 0 Å². The van der Waals surface area contributed by atoms with Gasteiger partial charge in [0.1, 0.15) is 5.79 Å². The lowest BCUT2D eigenvalue weighted by molar-refractivity contribution is -0.173. The first-order chi connectivity index (χ1) is 9.25. The van der Waals surface area contributed by atoms with Gasteiger partial charge in [-0.05, 0) is 55.3 Å². The molecule has 20 heavy (non-hydrogen) atoms. The molecule has 0 aromatic rings. The summed E-state index contributed by atoms with van der Waals surface area (Å²) in [7, 11) is 4.42. The fraction of sp³-hybridized carbons (Fsp3) is 1.00. The minimum absolute atomic E-state index is 0.0117. The van der Waals surface area contributed by atoms with Crippen LogP contribution in [0.5, 0.6) is 0 Å². The van der Waals surface area contributed by atoms with E-state index in [0.717, 1.165) is 19.6 Å². The van der Waals surface area contributed by atoms with Crippen LogP contribution in [0.1, 0.15) is 41.5 Å². The highest BCUT2D eigenvalue weighted by atomic mass is 15.6. The van der Waals surface area contributed by atoms with E-state index in [1.165, 1.54) is 13.1 Å². The Labute approximate surface area is 126 Å². The maximum atomic E-state index is 2.65. The Morgan fingerprint density at radius 2 is 1.30 bits per heavy atom. The molecule has 1 rings (SSSR count). The highest BCUT2D eigenvalue weighted by Crippen LogP contribution is 2.28. The number of nitrogens with zero attached hydrogens (tertiary/aromatic N) is 4.